The Balaban J connectivity index is 0.00000220. The average Bonchev–Trinajstić information content (AvgIpc) is 2.79. The Morgan fingerprint density at radius 3 is 2.43 bits per heavy atom. The van der Waals surface area contributed by atoms with Crippen molar-refractivity contribution in [3.63, 3.8) is 0 Å². The quantitative estimate of drug-likeness (QED) is 0.443. The van der Waals surface area contributed by atoms with Gasteiger partial charge in [0.2, 0.25) is 0 Å². The fourth-order valence-electron chi connectivity index (χ4n) is 3.66. The zero-order valence-corrected chi connectivity index (χ0v) is 16.5. The smallest absolute Gasteiger partial charge is 0.193 e. The van der Waals surface area contributed by atoms with Crippen LogP contribution < -0.4 is 5.32 Å². The van der Waals surface area contributed by atoms with Gasteiger partial charge in [0.15, 0.2) is 5.96 Å². The van der Waals surface area contributed by atoms with E-state index in [0.29, 0.717) is 6.04 Å². The molecule has 2 aliphatic heterocycles. The highest BCUT2D eigenvalue weighted by Gasteiger charge is 2.25. The van der Waals surface area contributed by atoms with Crippen molar-refractivity contribution in [3.05, 3.63) is 0 Å². The van der Waals surface area contributed by atoms with E-state index < -0.39 is 0 Å². The number of rotatable bonds is 3. The third-order valence-electron chi connectivity index (χ3n) is 4.63. The van der Waals surface area contributed by atoms with Crippen LogP contribution in [-0.2, 0) is 0 Å². The van der Waals surface area contributed by atoms with Gasteiger partial charge < -0.3 is 15.1 Å². The van der Waals surface area contributed by atoms with E-state index in [1.807, 2.05) is 0 Å². The van der Waals surface area contributed by atoms with Crippen LogP contribution in [0.3, 0.4) is 0 Å². The zero-order valence-electron chi connectivity index (χ0n) is 14.1. The van der Waals surface area contributed by atoms with Crippen LogP contribution in [0.5, 0.6) is 0 Å². The molecule has 0 aromatic rings. The normalized spacial score (nSPS) is 31.1. The molecule has 21 heavy (non-hydrogen) atoms. The van der Waals surface area contributed by atoms with Gasteiger partial charge in [-0.3, -0.25) is 4.99 Å². The van der Waals surface area contributed by atoms with Crippen molar-refractivity contribution in [2.75, 3.05) is 39.8 Å². The molecule has 0 radical (unpaired) electrons. The van der Waals surface area contributed by atoms with Gasteiger partial charge in [-0.05, 0) is 51.6 Å². The number of aliphatic imine (C=N–C) groups is 1. The first kappa shape index (κ1) is 19.0. The van der Waals surface area contributed by atoms with Gasteiger partial charge in [-0.15, -0.1) is 24.0 Å². The first-order valence-corrected chi connectivity index (χ1v) is 8.33. The third kappa shape index (κ3) is 5.58. The van der Waals surface area contributed by atoms with Crippen molar-refractivity contribution >= 4 is 29.9 Å². The number of piperidine rings is 1. The Labute approximate surface area is 147 Å². The minimum absolute atomic E-state index is 0. The molecule has 124 valence electrons. The van der Waals surface area contributed by atoms with Crippen LogP contribution in [0.4, 0.5) is 0 Å². The van der Waals surface area contributed by atoms with E-state index in [4.69, 9.17) is 4.99 Å². The van der Waals surface area contributed by atoms with Gasteiger partial charge in [-0.1, -0.05) is 13.8 Å². The minimum atomic E-state index is 0. The Morgan fingerprint density at radius 2 is 1.90 bits per heavy atom. The van der Waals surface area contributed by atoms with Crippen LogP contribution in [0, 0.1) is 11.8 Å². The third-order valence-corrected chi connectivity index (χ3v) is 4.63. The number of hydrogen-bond acceptors (Lipinski definition) is 2. The maximum Gasteiger partial charge on any atom is 0.193 e. The summed E-state index contributed by atoms with van der Waals surface area (Å²) in [6.07, 6.45) is 3.97. The highest BCUT2D eigenvalue weighted by molar-refractivity contribution is 14.0. The lowest BCUT2D eigenvalue weighted by Gasteiger charge is -2.37. The van der Waals surface area contributed by atoms with Crippen LogP contribution in [0.25, 0.3) is 0 Å². The van der Waals surface area contributed by atoms with E-state index in [0.717, 1.165) is 44.0 Å². The molecule has 0 saturated carbocycles. The van der Waals surface area contributed by atoms with Gasteiger partial charge in [0, 0.05) is 25.7 Å². The molecule has 1 N–H and O–H groups in total. The molecule has 2 rings (SSSR count). The van der Waals surface area contributed by atoms with Gasteiger partial charge in [0.1, 0.15) is 0 Å². The zero-order chi connectivity index (χ0) is 14.5. The number of guanidine groups is 1. The molecule has 2 saturated heterocycles. The molecule has 0 spiro atoms. The van der Waals surface area contributed by atoms with E-state index in [2.05, 4.69) is 42.9 Å². The van der Waals surface area contributed by atoms with Gasteiger partial charge >= 0.3 is 0 Å². The van der Waals surface area contributed by atoms with Gasteiger partial charge in [0.05, 0.1) is 6.54 Å². The average molecular weight is 408 g/mol. The molecule has 5 heteroatoms. The number of likely N-dealkylation sites (N-methyl/N-ethyl adjacent to an activating group) is 1. The topological polar surface area (TPSA) is 30.9 Å². The second-order valence-corrected chi connectivity index (χ2v) is 6.82. The number of halogens is 1. The Morgan fingerprint density at radius 1 is 1.24 bits per heavy atom. The number of hydrogen-bond donors (Lipinski definition) is 1. The standard InChI is InChI=1S/C16H32N4.HI/c1-5-17-16(18-10-15-7-6-8-19(15)4)20-11-13(2)9-14(3)12-20;/h13-15H,5-12H2,1-4H3,(H,17,18);1H. The van der Waals surface area contributed by atoms with E-state index in [1.165, 1.54) is 25.8 Å². The Bertz CT molecular complexity index is 324. The van der Waals surface area contributed by atoms with Gasteiger partial charge in [-0.2, -0.15) is 0 Å². The largest absolute Gasteiger partial charge is 0.357 e. The Hall–Kier alpha value is -0.0400. The van der Waals surface area contributed by atoms with Crippen LogP contribution in [0.15, 0.2) is 4.99 Å². The van der Waals surface area contributed by atoms with E-state index in [-0.39, 0.29) is 24.0 Å². The lowest BCUT2D eigenvalue weighted by molar-refractivity contribution is 0.208. The summed E-state index contributed by atoms with van der Waals surface area (Å²) in [6, 6.07) is 0.642. The van der Waals surface area contributed by atoms with Gasteiger partial charge in [0.25, 0.3) is 0 Å². The molecule has 3 unspecified atom stereocenters. The number of nitrogens with one attached hydrogen (secondary N) is 1. The highest BCUT2D eigenvalue weighted by Crippen LogP contribution is 2.21. The molecule has 3 atom stereocenters. The first-order chi connectivity index (χ1) is 9.60. The van der Waals surface area contributed by atoms with Crippen molar-refractivity contribution in [2.45, 2.75) is 46.1 Å². The van der Waals surface area contributed by atoms with E-state index >= 15 is 0 Å². The molecule has 0 aromatic heterocycles. The van der Waals surface area contributed by atoms with Gasteiger partial charge in [-0.25, -0.2) is 0 Å². The predicted octanol–water partition coefficient (Wildman–Crippen LogP) is 2.64. The van der Waals surface area contributed by atoms with Crippen molar-refractivity contribution in [1.29, 1.82) is 0 Å². The summed E-state index contributed by atoms with van der Waals surface area (Å²) in [5, 5.41) is 3.49. The van der Waals surface area contributed by atoms with E-state index in [9.17, 15) is 0 Å². The summed E-state index contributed by atoms with van der Waals surface area (Å²) in [6.45, 7) is 12.3. The number of likely N-dealkylation sites (tertiary alicyclic amines) is 2. The highest BCUT2D eigenvalue weighted by atomic mass is 127. The SMILES string of the molecule is CCNC(=NCC1CCCN1C)N1CC(C)CC(C)C1.I. The van der Waals surface area contributed by atoms with Crippen LogP contribution >= 0.6 is 24.0 Å². The predicted molar refractivity (Wildman–Crippen MR) is 102 cm³/mol. The maximum absolute atomic E-state index is 4.93. The summed E-state index contributed by atoms with van der Waals surface area (Å²) in [4.78, 5) is 9.85. The van der Waals surface area contributed by atoms with Crippen molar-refractivity contribution in [1.82, 2.24) is 15.1 Å². The molecule has 2 heterocycles. The van der Waals surface area contributed by atoms with Crippen molar-refractivity contribution < 1.29 is 0 Å². The second kappa shape index (κ2) is 9.18. The van der Waals surface area contributed by atoms with E-state index in [1.54, 1.807) is 0 Å². The molecule has 0 bridgehead atoms. The molecule has 2 aliphatic rings. The second-order valence-electron chi connectivity index (χ2n) is 6.82. The lowest BCUT2D eigenvalue weighted by atomic mass is 9.92. The first-order valence-electron chi connectivity index (χ1n) is 8.33. The fourth-order valence-corrected chi connectivity index (χ4v) is 3.66. The summed E-state index contributed by atoms with van der Waals surface area (Å²) in [5.74, 6) is 2.68. The molecule has 2 fully saturated rings. The van der Waals surface area contributed by atoms with Crippen molar-refractivity contribution in [3.8, 4) is 0 Å². The lowest BCUT2D eigenvalue weighted by Crippen LogP contribution is -2.48. The van der Waals surface area contributed by atoms with Crippen LogP contribution in [0.2, 0.25) is 0 Å². The Kier molecular flexibility index (Phi) is 8.31. The molecular formula is C16H33IN4. The fraction of sp³-hybridized carbons (Fsp3) is 0.938. The molecule has 4 nitrogen and oxygen atoms in total. The summed E-state index contributed by atoms with van der Waals surface area (Å²) in [5.41, 5.74) is 0. The summed E-state index contributed by atoms with van der Waals surface area (Å²) in [7, 11) is 2.23. The molecular weight excluding hydrogens is 375 g/mol. The number of nitrogens with zero attached hydrogens (tertiary/aromatic N) is 3. The van der Waals surface area contributed by atoms with Crippen LogP contribution in [0.1, 0.15) is 40.0 Å². The summed E-state index contributed by atoms with van der Waals surface area (Å²) >= 11 is 0. The van der Waals surface area contributed by atoms with Crippen molar-refractivity contribution in [2.24, 2.45) is 16.8 Å². The maximum atomic E-state index is 4.93. The molecule has 0 amide bonds. The van der Waals surface area contributed by atoms with Crippen LogP contribution in [-0.4, -0.2) is 61.6 Å². The molecule has 0 aliphatic carbocycles. The molecule has 0 aromatic carbocycles. The summed E-state index contributed by atoms with van der Waals surface area (Å²) < 4.78 is 0. The minimum Gasteiger partial charge on any atom is -0.357 e. The monoisotopic (exact) mass is 408 g/mol.